The number of hydrogen-bond donors (Lipinski definition) is 1. The first kappa shape index (κ1) is 21.6. The lowest BCUT2D eigenvalue weighted by atomic mass is 10.1. The fourth-order valence-electron chi connectivity index (χ4n) is 3.68. The van der Waals surface area contributed by atoms with Gasteiger partial charge in [0.05, 0.1) is 19.9 Å². The number of nitrogens with zero attached hydrogens (tertiary/aromatic N) is 5. The van der Waals surface area contributed by atoms with Gasteiger partial charge in [0.1, 0.15) is 29.9 Å². The topological polar surface area (TPSA) is 69.8 Å². The van der Waals surface area contributed by atoms with Crippen LogP contribution in [-0.2, 0) is 13.1 Å². The van der Waals surface area contributed by atoms with Crippen molar-refractivity contribution in [1.82, 2.24) is 29.9 Å². The van der Waals surface area contributed by atoms with Crippen molar-refractivity contribution >= 4 is 0 Å². The van der Waals surface area contributed by atoms with Crippen molar-refractivity contribution in [2.75, 3.05) is 7.11 Å². The summed E-state index contributed by atoms with van der Waals surface area (Å²) in [6, 6.07) is 9.46. The minimum Gasteiger partial charge on any atom is -0.496 e. The van der Waals surface area contributed by atoms with E-state index in [4.69, 9.17) is 4.74 Å². The molecule has 0 aliphatic rings. The summed E-state index contributed by atoms with van der Waals surface area (Å²) in [6.45, 7) is 5.06. The largest absolute Gasteiger partial charge is 0.496 e. The van der Waals surface area contributed by atoms with Gasteiger partial charge >= 0.3 is 0 Å². The number of nitrogens with one attached hydrogen (secondary N) is 1. The van der Waals surface area contributed by atoms with Crippen LogP contribution >= 0.6 is 0 Å². The molecule has 7 nitrogen and oxygen atoms in total. The fourth-order valence-corrected chi connectivity index (χ4v) is 3.68. The zero-order valence-corrected chi connectivity index (χ0v) is 18.1. The van der Waals surface area contributed by atoms with E-state index in [0.717, 1.165) is 34.2 Å². The first-order chi connectivity index (χ1) is 15.5. The standard InChI is InChI=1S/C23H24F2N6O/c1-15(20-11-28-31(16(20)2)22-6-5-19(24)9-21(22)25)27-10-17-4-7-23(32-3)18(8-17)12-30-14-26-13-29-30/h4-9,11,13-15,27H,10,12H2,1-3H3/t15-/m1/s1. The van der Waals surface area contributed by atoms with Gasteiger partial charge in [0.2, 0.25) is 0 Å². The van der Waals surface area contributed by atoms with Crippen LogP contribution < -0.4 is 10.1 Å². The number of benzene rings is 2. The van der Waals surface area contributed by atoms with Crippen LogP contribution in [0, 0.1) is 18.6 Å². The number of halogens is 2. The minimum atomic E-state index is -0.651. The number of ether oxygens (including phenoxy) is 1. The second-order valence-electron chi connectivity index (χ2n) is 7.53. The molecule has 4 aromatic rings. The second kappa shape index (κ2) is 9.27. The molecule has 0 amide bonds. The van der Waals surface area contributed by atoms with Gasteiger partial charge in [0, 0.05) is 35.5 Å². The van der Waals surface area contributed by atoms with E-state index in [1.165, 1.54) is 23.1 Å². The Morgan fingerprint density at radius 1 is 1.12 bits per heavy atom. The van der Waals surface area contributed by atoms with E-state index in [-0.39, 0.29) is 11.7 Å². The lowest BCUT2D eigenvalue weighted by Gasteiger charge is -2.16. The molecule has 0 saturated carbocycles. The average molecular weight is 438 g/mol. The number of rotatable bonds is 8. The molecule has 0 spiro atoms. The van der Waals surface area contributed by atoms with E-state index in [1.807, 2.05) is 26.0 Å². The summed E-state index contributed by atoms with van der Waals surface area (Å²) in [7, 11) is 1.64. The third-order valence-electron chi connectivity index (χ3n) is 5.41. The smallest absolute Gasteiger partial charge is 0.151 e. The van der Waals surface area contributed by atoms with E-state index in [1.54, 1.807) is 24.3 Å². The summed E-state index contributed by atoms with van der Waals surface area (Å²) >= 11 is 0. The molecule has 1 atom stereocenters. The highest BCUT2D eigenvalue weighted by Crippen LogP contribution is 2.24. The normalized spacial score (nSPS) is 12.2. The zero-order chi connectivity index (χ0) is 22.7. The Labute approximate surface area is 184 Å². The van der Waals surface area contributed by atoms with E-state index >= 15 is 0 Å². The molecule has 166 valence electrons. The van der Waals surface area contributed by atoms with Gasteiger partial charge in [-0.15, -0.1) is 0 Å². The maximum atomic E-state index is 14.2. The van der Waals surface area contributed by atoms with Gasteiger partial charge in [0.15, 0.2) is 5.82 Å². The predicted molar refractivity (Wildman–Crippen MR) is 116 cm³/mol. The highest BCUT2D eigenvalue weighted by Gasteiger charge is 2.17. The van der Waals surface area contributed by atoms with Crippen molar-refractivity contribution in [1.29, 1.82) is 0 Å². The molecule has 2 aromatic carbocycles. The van der Waals surface area contributed by atoms with Crippen LogP contribution in [0.1, 0.15) is 35.3 Å². The van der Waals surface area contributed by atoms with Crippen LogP contribution in [0.2, 0.25) is 0 Å². The summed E-state index contributed by atoms with van der Waals surface area (Å²) < 4.78 is 36.1. The van der Waals surface area contributed by atoms with Crippen molar-refractivity contribution in [3.63, 3.8) is 0 Å². The molecule has 0 aliphatic carbocycles. The minimum absolute atomic E-state index is 0.0341. The Bertz CT molecular complexity index is 1210. The lowest BCUT2D eigenvalue weighted by Crippen LogP contribution is -2.19. The molecule has 0 unspecified atom stereocenters. The van der Waals surface area contributed by atoms with Crippen molar-refractivity contribution in [2.45, 2.75) is 33.0 Å². The Hall–Kier alpha value is -3.59. The van der Waals surface area contributed by atoms with E-state index in [2.05, 4.69) is 26.6 Å². The fraction of sp³-hybridized carbons (Fsp3) is 0.261. The molecule has 0 saturated heterocycles. The monoisotopic (exact) mass is 438 g/mol. The maximum Gasteiger partial charge on any atom is 0.151 e. The number of methoxy groups -OCH3 is 1. The Morgan fingerprint density at radius 2 is 1.97 bits per heavy atom. The highest BCUT2D eigenvalue weighted by molar-refractivity contribution is 5.38. The van der Waals surface area contributed by atoms with Gasteiger partial charge < -0.3 is 10.1 Å². The maximum absolute atomic E-state index is 14.2. The lowest BCUT2D eigenvalue weighted by molar-refractivity contribution is 0.407. The van der Waals surface area contributed by atoms with Gasteiger partial charge in [-0.1, -0.05) is 6.07 Å². The van der Waals surface area contributed by atoms with Crippen molar-refractivity contribution in [2.24, 2.45) is 0 Å². The van der Waals surface area contributed by atoms with Crippen LogP contribution in [0.5, 0.6) is 5.75 Å². The third kappa shape index (κ3) is 4.52. The van der Waals surface area contributed by atoms with Gasteiger partial charge in [-0.05, 0) is 43.7 Å². The predicted octanol–water partition coefficient (Wildman–Crippen LogP) is 3.96. The van der Waals surface area contributed by atoms with Gasteiger partial charge in [0.25, 0.3) is 0 Å². The summed E-state index contributed by atoms with van der Waals surface area (Å²) in [6.07, 6.45) is 4.87. The van der Waals surface area contributed by atoms with Gasteiger partial charge in [-0.25, -0.2) is 23.1 Å². The van der Waals surface area contributed by atoms with E-state index in [9.17, 15) is 8.78 Å². The van der Waals surface area contributed by atoms with Crippen LogP contribution in [0.3, 0.4) is 0 Å². The molecule has 32 heavy (non-hydrogen) atoms. The SMILES string of the molecule is COc1ccc(CN[C@H](C)c2cnn(-c3ccc(F)cc3F)c2C)cc1Cn1cncn1. The Balaban J connectivity index is 1.48. The number of aromatic nitrogens is 5. The zero-order valence-electron chi connectivity index (χ0n) is 18.1. The average Bonchev–Trinajstić information content (AvgIpc) is 3.42. The Kier molecular flexibility index (Phi) is 6.27. The van der Waals surface area contributed by atoms with Crippen LogP contribution in [0.4, 0.5) is 8.78 Å². The molecular formula is C23H24F2N6O. The molecule has 1 N–H and O–H groups in total. The van der Waals surface area contributed by atoms with Crippen molar-refractivity contribution in [3.05, 3.63) is 89.3 Å². The van der Waals surface area contributed by atoms with E-state index < -0.39 is 11.6 Å². The first-order valence-corrected chi connectivity index (χ1v) is 10.2. The first-order valence-electron chi connectivity index (χ1n) is 10.2. The highest BCUT2D eigenvalue weighted by atomic mass is 19.1. The summed E-state index contributed by atoms with van der Waals surface area (Å²) in [4.78, 5) is 3.98. The van der Waals surface area contributed by atoms with E-state index in [0.29, 0.717) is 13.1 Å². The van der Waals surface area contributed by atoms with Crippen LogP contribution in [0.25, 0.3) is 5.69 Å². The van der Waals surface area contributed by atoms with Crippen molar-refractivity contribution in [3.8, 4) is 11.4 Å². The van der Waals surface area contributed by atoms with Gasteiger partial charge in [-0.3, -0.25) is 0 Å². The summed E-state index contributed by atoms with van der Waals surface area (Å²) in [5.74, 6) is -0.480. The molecule has 0 fully saturated rings. The van der Waals surface area contributed by atoms with Crippen LogP contribution in [0.15, 0.2) is 55.2 Å². The molecule has 9 heteroatoms. The molecule has 0 bridgehead atoms. The third-order valence-corrected chi connectivity index (χ3v) is 5.41. The molecule has 4 rings (SSSR count). The Morgan fingerprint density at radius 3 is 2.69 bits per heavy atom. The molecule has 2 aromatic heterocycles. The molecular weight excluding hydrogens is 414 g/mol. The quantitative estimate of drug-likeness (QED) is 0.451. The summed E-state index contributed by atoms with van der Waals surface area (Å²) in [5, 5.41) is 12.0. The summed E-state index contributed by atoms with van der Waals surface area (Å²) in [5.41, 5.74) is 4.03. The second-order valence-corrected chi connectivity index (χ2v) is 7.53. The van der Waals surface area contributed by atoms with Gasteiger partial charge in [-0.2, -0.15) is 10.2 Å². The molecule has 0 radical (unpaired) electrons. The van der Waals surface area contributed by atoms with Crippen molar-refractivity contribution < 1.29 is 13.5 Å². The number of hydrogen-bond acceptors (Lipinski definition) is 5. The molecule has 2 heterocycles. The van der Waals surface area contributed by atoms with Crippen LogP contribution in [-0.4, -0.2) is 31.7 Å². The molecule has 0 aliphatic heterocycles.